The maximum Gasteiger partial charge on any atom is 0.236 e. The van der Waals surface area contributed by atoms with Crippen molar-refractivity contribution in [2.24, 2.45) is 4.99 Å². The summed E-state index contributed by atoms with van der Waals surface area (Å²) in [6, 6.07) is 0. The Bertz CT molecular complexity index is 655. The van der Waals surface area contributed by atoms with Gasteiger partial charge in [0.05, 0.1) is 18.8 Å². The van der Waals surface area contributed by atoms with Gasteiger partial charge in [-0.2, -0.15) is 0 Å². The summed E-state index contributed by atoms with van der Waals surface area (Å²) in [5.74, 6) is 1.25. The molecule has 0 aliphatic carbocycles. The second-order valence-corrected chi connectivity index (χ2v) is 8.91. The minimum atomic E-state index is 0.295. The molecule has 0 bridgehead atoms. The molecule has 2 aliphatic rings. The van der Waals surface area contributed by atoms with Crippen LogP contribution in [-0.2, 0) is 11.3 Å². The zero-order chi connectivity index (χ0) is 19.9. The number of likely N-dealkylation sites (tertiary alicyclic amines) is 1. The molecule has 0 unspecified atom stereocenters. The van der Waals surface area contributed by atoms with Gasteiger partial charge in [0.2, 0.25) is 5.91 Å². The number of nitrogens with zero attached hydrogens (tertiary/aromatic N) is 5. The van der Waals surface area contributed by atoms with E-state index in [2.05, 4.69) is 40.9 Å². The van der Waals surface area contributed by atoms with E-state index in [1.807, 2.05) is 4.90 Å². The molecule has 1 amide bonds. The minimum Gasteiger partial charge on any atom is -0.357 e. The highest BCUT2D eigenvalue weighted by Crippen LogP contribution is 2.17. The SMILES string of the molecule is CCNC(=NCc1nc(C)c(C)s1)N1CCN(CC(=O)N2CCCCC2)CC1. The van der Waals surface area contributed by atoms with Crippen molar-refractivity contribution in [1.82, 2.24) is 25.0 Å². The molecule has 2 fully saturated rings. The largest absolute Gasteiger partial charge is 0.357 e. The Kier molecular flexibility index (Phi) is 7.67. The van der Waals surface area contributed by atoms with Gasteiger partial charge in [-0.05, 0) is 40.0 Å². The Hall–Kier alpha value is -1.67. The smallest absolute Gasteiger partial charge is 0.236 e. The van der Waals surface area contributed by atoms with Crippen LogP contribution >= 0.6 is 11.3 Å². The van der Waals surface area contributed by atoms with Crippen LogP contribution in [0.3, 0.4) is 0 Å². The predicted molar refractivity (Wildman–Crippen MR) is 115 cm³/mol. The predicted octanol–water partition coefficient (Wildman–Crippen LogP) is 1.86. The summed E-state index contributed by atoms with van der Waals surface area (Å²) < 4.78 is 0. The number of aromatic nitrogens is 1. The Morgan fingerprint density at radius 1 is 1.07 bits per heavy atom. The number of piperidine rings is 1. The molecule has 1 aromatic heterocycles. The van der Waals surface area contributed by atoms with Crippen LogP contribution in [0.4, 0.5) is 0 Å². The van der Waals surface area contributed by atoms with Crippen LogP contribution < -0.4 is 5.32 Å². The Balaban J connectivity index is 1.50. The summed E-state index contributed by atoms with van der Waals surface area (Å²) in [5, 5.41) is 4.48. The molecule has 3 rings (SSSR count). The minimum absolute atomic E-state index is 0.295. The number of guanidine groups is 1. The Labute approximate surface area is 172 Å². The van der Waals surface area contributed by atoms with Crippen molar-refractivity contribution in [3.8, 4) is 0 Å². The second-order valence-electron chi connectivity index (χ2n) is 7.62. The first-order valence-electron chi connectivity index (χ1n) is 10.5. The van der Waals surface area contributed by atoms with Crippen molar-refractivity contribution in [3.63, 3.8) is 0 Å². The van der Waals surface area contributed by atoms with Crippen LogP contribution in [0.2, 0.25) is 0 Å². The van der Waals surface area contributed by atoms with E-state index in [0.29, 0.717) is 19.0 Å². The number of carbonyl (C=O) groups excluding carboxylic acids is 1. The fraction of sp³-hybridized carbons (Fsp3) is 0.750. The van der Waals surface area contributed by atoms with E-state index >= 15 is 0 Å². The van der Waals surface area contributed by atoms with Crippen LogP contribution in [0.25, 0.3) is 0 Å². The van der Waals surface area contributed by atoms with Crippen molar-refractivity contribution in [1.29, 1.82) is 0 Å². The van der Waals surface area contributed by atoms with Crippen LogP contribution in [-0.4, -0.2) is 83.9 Å². The fourth-order valence-electron chi connectivity index (χ4n) is 3.73. The fourth-order valence-corrected chi connectivity index (χ4v) is 4.59. The lowest BCUT2D eigenvalue weighted by atomic mass is 10.1. The zero-order valence-electron chi connectivity index (χ0n) is 17.5. The van der Waals surface area contributed by atoms with Gasteiger partial charge in [-0.25, -0.2) is 9.98 Å². The summed E-state index contributed by atoms with van der Waals surface area (Å²) in [6.07, 6.45) is 3.56. The van der Waals surface area contributed by atoms with Gasteiger partial charge in [0.1, 0.15) is 5.01 Å². The highest BCUT2D eigenvalue weighted by atomic mass is 32.1. The standard InChI is InChI=1S/C20H34N6OS/c1-4-21-20(22-14-18-23-16(2)17(3)28-18)26-12-10-24(11-13-26)15-19(27)25-8-6-5-7-9-25/h4-15H2,1-3H3,(H,21,22). The van der Waals surface area contributed by atoms with E-state index in [-0.39, 0.29) is 0 Å². The molecule has 3 heterocycles. The molecule has 0 atom stereocenters. The summed E-state index contributed by atoms with van der Waals surface area (Å²) in [5.41, 5.74) is 1.10. The summed E-state index contributed by atoms with van der Waals surface area (Å²) in [7, 11) is 0. The van der Waals surface area contributed by atoms with Crippen molar-refractivity contribution < 1.29 is 4.79 Å². The first kappa shape index (κ1) is 21.0. The van der Waals surface area contributed by atoms with E-state index in [4.69, 9.17) is 4.99 Å². The van der Waals surface area contributed by atoms with Gasteiger partial charge in [0.15, 0.2) is 5.96 Å². The molecule has 156 valence electrons. The first-order valence-corrected chi connectivity index (χ1v) is 11.3. The first-order chi connectivity index (χ1) is 13.6. The molecule has 7 nitrogen and oxygen atoms in total. The summed E-state index contributed by atoms with van der Waals surface area (Å²) in [4.78, 5) is 29.8. The van der Waals surface area contributed by atoms with Gasteiger partial charge in [-0.15, -0.1) is 11.3 Å². The maximum atomic E-state index is 12.5. The molecule has 2 aliphatic heterocycles. The van der Waals surface area contributed by atoms with Crippen molar-refractivity contribution in [2.45, 2.75) is 46.6 Å². The number of hydrogen-bond acceptors (Lipinski definition) is 5. The van der Waals surface area contributed by atoms with E-state index in [0.717, 1.165) is 75.3 Å². The van der Waals surface area contributed by atoms with Crippen LogP contribution in [0.15, 0.2) is 4.99 Å². The van der Waals surface area contributed by atoms with Gasteiger partial charge in [-0.1, -0.05) is 0 Å². The third-order valence-corrected chi connectivity index (χ3v) is 6.57. The van der Waals surface area contributed by atoms with Crippen molar-refractivity contribution in [2.75, 3.05) is 52.4 Å². The van der Waals surface area contributed by atoms with E-state index in [9.17, 15) is 4.79 Å². The van der Waals surface area contributed by atoms with E-state index in [1.165, 1.54) is 11.3 Å². The summed E-state index contributed by atoms with van der Waals surface area (Å²) in [6.45, 7) is 13.8. The number of amides is 1. The molecule has 0 spiro atoms. The molecular formula is C20H34N6OS. The third kappa shape index (κ3) is 5.67. The number of aryl methyl sites for hydroxylation is 2. The van der Waals surface area contributed by atoms with Crippen molar-refractivity contribution in [3.05, 3.63) is 15.6 Å². The van der Waals surface area contributed by atoms with Gasteiger partial charge in [0, 0.05) is 50.7 Å². The van der Waals surface area contributed by atoms with Gasteiger partial charge < -0.3 is 15.1 Å². The molecule has 2 saturated heterocycles. The quantitative estimate of drug-likeness (QED) is 0.597. The number of carbonyl (C=O) groups is 1. The topological polar surface area (TPSA) is 64.1 Å². The lowest BCUT2D eigenvalue weighted by Gasteiger charge is -2.37. The molecule has 0 radical (unpaired) electrons. The normalized spacial score (nSPS) is 19.2. The highest BCUT2D eigenvalue weighted by Gasteiger charge is 2.24. The highest BCUT2D eigenvalue weighted by molar-refractivity contribution is 7.11. The van der Waals surface area contributed by atoms with E-state index in [1.54, 1.807) is 11.3 Å². The van der Waals surface area contributed by atoms with Crippen LogP contribution in [0.1, 0.15) is 41.8 Å². The lowest BCUT2D eigenvalue weighted by Crippen LogP contribution is -2.54. The van der Waals surface area contributed by atoms with Crippen molar-refractivity contribution >= 4 is 23.2 Å². The molecule has 28 heavy (non-hydrogen) atoms. The van der Waals surface area contributed by atoms with Gasteiger partial charge in [-0.3, -0.25) is 9.69 Å². The van der Waals surface area contributed by atoms with Crippen LogP contribution in [0, 0.1) is 13.8 Å². The maximum absolute atomic E-state index is 12.5. The number of rotatable bonds is 5. The number of thiazole rings is 1. The number of nitrogens with one attached hydrogen (secondary N) is 1. The third-order valence-electron chi connectivity index (χ3n) is 5.51. The molecule has 0 aromatic carbocycles. The number of aliphatic imine (C=N–C) groups is 1. The summed E-state index contributed by atoms with van der Waals surface area (Å²) >= 11 is 1.73. The van der Waals surface area contributed by atoms with Gasteiger partial charge in [0.25, 0.3) is 0 Å². The zero-order valence-corrected chi connectivity index (χ0v) is 18.4. The molecule has 8 heteroatoms. The second kappa shape index (κ2) is 10.2. The average Bonchev–Trinajstić information content (AvgIpc) is 3.04. The molecule has 1 N–H and O–H groups in total. The Morgan fingerprint density at radius 3 is 2.39 bits per heavy atom. The Morgan fingerprint density at radius 2 is 1.79 bits per heavy atom. The number of piperazine rings is 1. The lowest BCUT2D eigenvalue weighted by molar-refractivity contribution is -0.133. The van der Waals surface area contributed by atoms with E-state index < -0.39 is 0 Å². The monoisotopic (exact) mass is 406 g/mol. The average molecular weight is 407 g/mol. The molecule has 0 saturated carbocycles. The molecule has 1 aromatic rings. The van der Waals surface area contributed by atoms with Crippen LogP contribution in [0.5, 0.6) is 0 Å². The van der Waals surface area contributed by atoms with Gasteiger partial charge >= 0.3 is 0 Å². The number of hydrogen-bond donors (Lipinski definition) is 1. The molecular weight excluding hydrogens is 372 g/mol.